The molecule has 0 unspecified atom stereocenters. The van der Waals surface area contributed by atoms with E-state index in [4.69, 9.17) is 0 Å². The van der Waals surface area contributed by atoms with Gasteiger partial charge in [-0.05, 0) is 14.1 Å². The van der Waals surface area contributed by atoms with Gasteiger partial charge in [0.1, 0.15) is 22.9 Å². The third-order valence-electron chi connectivity index (χ3n) is 2.62. The number of Topliss-reactive ketones (excluding diaryl/α,β-unsaturated/α-hetero) is 1. The molecule has 0 radical (unpaired) electrons. The average Bonchev–Trinajstić information content (AvgIpc) is 2.12. The number of nitrogens with zero attached hydrogens (tertiary/aromatic N) is 4. The van der Waals surface area contributed by atoms with Crippen molar-refractivity contribution in [2.24, 2.45) is 0 Å². The Labute approximate surface area is 97.3 Å². The van der Waals surface area contributed by atoms with Crippen molar-refractivity contribution in [2.75, 3.05) is 40.3 Å². The van der Waals surface area contributed by atoms with Crippen molar-refractivity contribution in [1.29, 1.82) is 0 Å². The molecule has 1 heterocycles. The van der Waals surface area contributed by atoms with Crippen LogP contribution in [0.4, 0.5) is 0 Å². The third-order valence-corrected chi connectivity index (χ3v) is 2.62. The predicted octanol–water partition coefficient (Wildman–Crippen LogP) is -1.32. The summed E-state index contributed by atoms with van der Waals surface area (Å²) in [5.74, 6) is -0.115. The fourth-order valence-corrected chi connectivity index (χ4v) is 1.98. The lowest BCUT2D eigenvalue weighted by atomic mass is 10.1. The van der Waals surface area contributed by atoms with Gasteiger partial charge in [-0.1, -0.05) is 0 Å². The van der Waals surface area contributed by atoms with Gasteiger partial charge >= 0.3 is 5.66 Å². The summed E-state index contributed by atoms with van der Waals surface area (Å²) in [4.78, 5) is 34.2. The van der Waals surface area contributed by atoms with Gasteiger partial charge in [-0.3, -0.25) is 34.8 Å². The fraction of sp³-hybridized carbons (Fsp3) is 0.875. The molecule has 0 spiro atoms. The van der Waals surface area contributed by atoms with Gasteiger partial charge in [-0.25, -0.2) is 0 Å². The zero-order chi connectivity index (χ0) is 13.2. The van der Waals surface area contributed by atoms with Crippen molar-refractivity contribution in [2.45, 2.75) is 5.66 Å². The van der Waals surface area contributed by atoms with Crippen molar-refractivity contribution in [3.63, 3.8) is 0 Å². The van der Waals surface area contributed by atoms with E-state index in [0.717, 1.165) is 0 Å². The number of nitro groups is 2. The third kappa shape index (κ3) is 2.74. The van der Waals surface area contributed by atoms with E-state index in [-0.39, 0.29) is 32.0 Å². The summed E-state index contributed by atoms with van der Waals surface area (Å²) < 4.78 is 0. The van der Waals surface area contributed by atoms with Gasteiger partial charge in [0, 0.05) is 0 Å². The van der Waals surface area contributed by atoms with Crippen LogP contribution in [-0.4, -0.2) is 71.4 Å². The molecule has 0 N–H and O–H groups in total. The van der Waals surface area contributed by atoms with Crippen LogP contribution in [0.2, 0.25) is 0 Å². The van der Waals surface area contributed by atoms with Crippen molar-refractivity contribution in [1.82, 2.24) is 9.80 Å². The quantitative estimate of drug-likeness (QED) is 0.337. The van der Waals surface area contributed by atoms with Gasteiger partial charge in [0.05, 0.1) is 13.1 Å². The minimum Gasteiger partial charge on any atom is -0.297 e. The van der Waals surface area contributed by atoms with Crippen LogP contribution in [0, 0.1) is 20.2 Å². The van der Waals surface area contributed by atoms with Gasteiger partial charge in [-0.15, -0.1) is 0 Å². The molecule has 0 aromatic rings. The van der Waals surface area contributed by atoms with E-state index in [2.05, 4.69) is 0 Å². The van der Waals surface area contributed by atoms with Gasteiger partial charge in [-0.2, -0.15) is 0 Å². The lowest BCUT2D eigenvalue weighted by molar-refractivity contribution is -0.795. The second-order valence-electron chi connectivity index (χ2n) is 4.38. The Morgan fingerprint density at radius 1 is 1.06 bits per heavy atom. The molecule has 1 aliphatic heterocycles. The molecule has 0 aromatic carbocycles. The van der Waals surface area contributed by atoms with E-state index >= 15 is 0 Å². The van der Waals surface area contributed by atoms with Crippen molar-refractivity contribution in [3.05, 3.63) is 20.2 Å². The molecule has 1 rings (SSSR count). The molecular weight excluding hydrogens is 232 g/mol. The summed E-state index contributed by atoms with van der Waals surface area (Å²) >= 11 is 0. The largest absolute Gasteiger partial charge is 0.482 e. The number of likely N-dealkylation sites (N-methyl/N-ethyl adjacent to an activating group) is 2. The lowest BCUT2D eigenvalue weighted by Crippen LogP contribution is -2.62. The highest BCUT2D eigenvalue weighted by atomic mass is 16.7. The van der Waals surface area contributed by atoms with E-state index in [9.17, 15) is 25.0 Å². The Balaban J connectivity index is 3.06. The van der Waals surface area contributed by atoms with Gasteiger partial charge in [0.2, 0.25) is 0 Å². The molecule has 1 saturated heterocycles. The minimum absolute atomic E-state index is 0.0201. The maximum Gasteiger partial charge on any atom is 0.482 e. The van der Waals surface area contributed by atoms with Crippen LogP contribution in [0.1, 0.15) is 0 Å². The molecule has 0 saturated carbocycles. The molecular formula is C8H14N4O5. The molecule has 17 heavy (non-hydrogen) atoms. The van der Waals surface area contributed by atoms with Crippen molar-refractivity contribution < 1.29 is 14.6 Å². The Morgan fingerprint density at radius 2 is 1.41 bits per heavy atom. The predicted molar refractivity (Wildman–Crippen MR) is 56.7 cm³/mol. The maximum atomic E-state index is 11.4. The smallest absolute Gasteiger partial charge is 0.297 e. The zero-order valence-electron chi connectivity index (χ0n) is 9.66. The number of hydrogen-bond donors (Lipinski definition) is 0. The van der Waals surface area contributed by atoms with Crippen molar-refractivity contribution >= 4 is 5.78 Å². The van der Waals surface area contributed by atoms with Gasteiger partial charge < -0.3 is 0 Å². The molecule has 96 valence electrons. The van der Waals surface area contributed by atoms with Crippen LogP contribution < -0.4 is 0 Å². The fourth-order valence-electron chi connectivity index (χ4n) is 1.98. The molecule has 0 aliphatic carbocycles. The standard InChI is InChI=1S/C8H14N4O5/c1-9-3-7(13)4-10(2)6-8(5-9,11(14)15)12(16)17/h3-6H2,1-2H3. The topological polar surface area (TPSA) is 110 Å². The summed E-state index contributed by atoms with van der Waals surface area (Å²) in [7, 11) is 2.93. The Bertz CT molecular complexity index is 326. The normalized spacial score (nSPS) is 22.8. The first-order chi connectivity index (χ1) is 7.78. The summed E-state index contributed by atoms with van der Waals surface area (Å²) in [6, 6.07) is 0. The Kier molecular flexibility index (Phi) is 3.73. The highest BCUT2D eigenvalue weighted by Gasteiger charge is 2.58. The number of hydrogen-bond acceptors (Lipinski definition) is 7. The van der Waals surface area contributed by atoms with E-state index in [0.29, 0.717) is 0 Å². The van der Waals surface area contributed by atoms with E-state index in [1.165, 1.54) is 23.9 Å². The van der Waals surface area contributed by atoms with Crippen LogP contribution in [0.15, 0.2) is 0 Å². The summed E-state index contributed by atoms with van der Waals surface area (Å²) in [5, 5.41) is 22.0. The van der Waals surface area contributed by atoms with Crippen LogP contribution in [0.25, 0.3) is 0 Å². The van der Waals surface area contributed by atoms with Gasteiger partial charge in [0.15, 0.2) is 5.78 Å². The maximum absolute atomic E-state index is 11.4. The summed E-state index contributed by atoms with van der Waals surface area (Å²) in [6.07, 6.45) is 0. The second kappa shape index (κ2) is 4.72. The summed E-state index contributed by atoms with van der Waals surface area (Å²) in [5.41, 5.74) is -2.27. The molecule has 1 fully saturated rings. The Morgan fingerprint density at radius 3 is 1.71 bits per heavy atom. The summed E-state index contributed by atoms with van der Waals surface area (Å²) in [6.45, 7) is -0.812. The van der Waals surface area contributed by atoms with Crippen LogP contribution >= 0.6 is 0 Å². The van der Waals surface area contributed by atoms with E-state index in [1.54, 1.807) is 0 Å². The molecule has 0 aromatic heterocycles. The number of carbonyl (C=O) groups excluding carboxylic acids is 1. The van der Waals surface area contributed by atoms with E-state index in [1.807, 2.05) is 0 Å². The van der Waals surface area contributed by atoms with Crippen LogP contribution in [0.5, 0.6) is 0 Å². The number of carbonyl (C=O) groups is 1. The van der Waals surface area contributed by atoms with Crippen molar-refractivity contribution in [3.8, 4) is 0 Å². The molecule has 0 atom stereocenters. The average molecular weight is 246 g/mol. The van der Waals surface area contributed by atoms with Crippen LogP contribution in [0.3, 0.4) is 0 Å². The Hall–Kier alpha value is -1.61. The molecule has 0 bridgehead atoms. The highest BCUT2D eigenvalue weighted by molar-refractivity contribution is 5.82. The first-order valence-corrected chi connectivity index (χ1v) is 4.96. The number of ketones is 1. The number of rotatable bonds is 2. The van der Waals surface area contributed by atoms with E-state index < -0.39 is 15.5 Å². The second-order valence-corrected chi connectivity index (χ2v) is 4.38. The first kappa shape index (κ1) is 13.5. The zero-order valence-corrected chi connectivity index (χ0v) is 9.66. The SMILES string of the molecule is CN1CC(=O)CN(C)CC([N+](=O)[O-])([N+](=O)[O-])C1. The molecule has 9 nitrogen and oxygen atoms in total. The monoisotopic (exact) mass is 246 g/mol. The first-order valence-electron chi connectivity index (χ1n) is 4.96. The minimum atomic E-state index is -2.27. The highest BCUT2D eigenvalue weighted by Crippen LogP contribution is 2.16. The van der Waals surface area contributed by atoms with Gasteiger partial charge in [0.25, 0.3) is 0 Å². The lowest BCUT2D eigenvalue weighted by Gasteiger charge is -2.29. The molecule has 0 amide bonds. The van der Waals surface area contributed by atoms with Crippen LogP contribution in [-0.2, 0) is 4.79 Å². The molecule has 9 heteroatoms. The molecule has 1 aliphatic rings.